The Labute approximate surface area is 138 Å². The summed E-state index contributed by atoms with van der Waals surface area (Å²) in [7, 11) is 1.55. The number of pyridine rings is 1. The van der Waals surface area contributed by atoms with Crippen LogP contribution in [-0.4, -0.2) is 43.4 Å². The Hall–Kier alpha value is -1.66. The molecule has 0 aliphatic carbocycles. The Kier molecular flexibility index (Phi) is 7.98. The zero-order valence-electron chi connectivity index (χ0n) is 14.8. The van der Waals surface area contributed by atoms with E-state index in [1.165, 1.54) is 0 Å². The van der Waals surface area contributed by atoms with Crippen LogP contribution in [0.1, 0.15) is 39.3 Å². The quantitative estimate of drug-likeness (QED) is 0.670. The maximum Gasteiger partial charge on any atom is 0.256 e. The van der Waals surface area contributed by atoms with Crippen molar-refractivity contribution in [2.24, 2.45) is 0 Å². The first kappa shape index (κ1) is 19.4. The number of nitrogens with one attached hydrogen (secondary N) is 1. The van der Waals surface area contributed by atoms with E-state index in [2.05, 4.69) is 10.3 Å². The van der Waals surface area contributed by atoms with E-state index >= 15 is 0 Å². The van der Waals surface area contributed by atoms with Crippen LogP contribution < -0.4 is 10.1 Å². The van der Waals surface area contributed by atoms with E-state index in [0.717, 1.165) is 6.42 Å². The SMILES string of the molecule is CCC[C@@](C)(OC)C(=O)Nc1ccc(OCCOCC)nc1C. The Balaban J connectivity index is 2.69. The molecule has 0 spiro atoms. The molecule has 0 aliphatic heterocycles. The Morgan fingerprint density at radius 3 is 2.61 bits per heavy atom. The first-order valence-corrected chi connectivity index (χ1v) is 8.01. The summed E-state index contributed by atoms with van der Waals surface area (Å²) in [5.41, 5.74) is 0.516. The summed E-state index contributed by atoms with van der Waals surface area (Å²) in [5, 5.41) is 2.88. The van der Waals surface area contributed by atoms with Crippen molar-refractivity contribution in [3.8, 4) is 5.88 Å². The summed E-state index contributed by atoms with van der Waals surface area (Å²) in [6, 6.07) is 3.52. The minimum atomic E-state index is -0.839. The second-order valence-electron chi connectivity index (χ2n) is 5.47. The van der Waals surface area contributed by atoms with Crippen LogP contribution in [0.5, 0.6) is 5.88 Å². The van der Waals surface area contributed by atoms with E-state index in [1.807, 2.05) is 20.8 Å². The molecule has 0 saturated carbocycles. The number of nitrogens with zero attached hydrogens (tertiary/aromatic N) is 1. The molecule has 0 aromatic carbocycles. The highest BCUT2D eigenvalue weighted by Gasteiger charge is 2.32. The van der Waals surface area contributed by atoms with Crippen molar-refractivity contribution < 1.29 is 19.0 Å². The molecule has 0 saturated heterocycles. The topological polar surface area (TPSA) is 69.7 Å². The lowest BCUT2D eigenvalue weighted by Gasteiger charge is -2.26. The van der Waals surface area contributed by atoms with Crippen LogP contribution in [0.4, 0.5) is 5.69 Å². The van der Waals surface area contributed by atoms with Crippen LogP contribution in [0.15, 0.2) is 12.1 Å². The number of methoxy groups -OCH3 is 1. The number of rotatable bonds is 10. The third-order valence-corrected chi connectivity index (χ3v) is 3.65. The summed E-state index contributed by atoms with van der Waals surface area (Å²) in [6.45, 7) is 9.21. The van der Waals surface area contributed by atoms with Gasteiger partial charge in [0.15, 0.2) is 0 Å². The average Bonchev–Trinajstić information content (AvgIpc) is 2.54. The second-order valence-corrected chi connectivity index (χ2v) is 5.47. The summed E-state index contributed by atoms with van der Waals surface area (Å²) < 4.78 is 16.1. The predicted octanol–water partition coefficient (Wildman–Crippen LogP) is 2.95. The molecule has 1 atom stereocenters. The standard InChI is InChI=1S/C17H28N2O4/c1-6-10-17(4,21-5)16(20)19-14-8-9-15(18-13(14)3)23-12-11-22-7-2/h8-9H,6-7,10-12H2,1-5H3,(H,19,20)/t17-/m1/s1. The molecule has 0 fully saturated rings. The van der Waals surface area contributed by atoms with Crippen LogP contribution in [0.3, 0.4) is 0 Å². The third kappa shape index (κ3) is 5.80. The Morgan fingerprint density at radius 2 is 2.04 bits per heavy atom. The van der Waals surface area contributed by atoms with Gasteiger partial charge in [-0.3, -0.25) is 4.79 Å². The first-order valence-electron chi connectivity index (χ1n) is 8.01. The third-order valence-electron chi connectivity index (χ3n) is 3.65. The van der Waals surface area contributed by atoms with Gasteiger partial charge in [-0.1, -0.05) is 13.3 Å². The number of carbonyl (C=O) groups is 1. The lowest BCUT2D eigenvalue weighted by atomic mass is 9.99. The number of carbonyl (C=O) groups excluding carboxylic acids is 1. The first-order chi connectivity index (χ1) is 11.0. The van der Waals surface area contributed by atoms with Gasteiger partial charge < -0.3 is 19.5 Å². The Bertz CT molecular complexity index is 507. The van der Waals surface area contributed by atoms with Crippen molar-refractivity contribution in [1.29, 1.82) is 0 Å². The van der Waals surface area contributed by atoms with Crippen molar-refractivity contribution in [2.75, 3.05) is 32.2 Å². The molecule has 6 nitrogen and oxygen atoms in total. The van der Waals surface area contributed by atoms with Gasteiger partial charge in [0.1, 0.15) is 12.2 Å². The minimum Gasteiger partial charge on any atom is -0.475 e. The van der Waals surface area contributed by atoms with E-state index in [9.17, 15) is 4.79 Å². The number of hydrogen-bond acceptors (Lipinski definition) is 5. The number of aryl methyl sites for hydroxylation is 1. The average molecular weight is 324 g/mol. The molecule has 0 unspecified atom stereocenters. The molecule has 1 rings (SSSR count). The number of amides is 1. The van der Waals surface area contributed by atoms with Crippen LogP contribution in [0, 0.1) is 6.92 Å². The molecule has 1 heterocycles. The monoisotopic (exact) mass is 324 g/mol. The van der Waals surface area contributed by atoms with Crippen LogP contribution in [-0.2, 0) is 14.3 Å². The zero-order valence-corrected chi connectivity index (χ0v) is 14.8. The van der Waals surface area contributed by atoms with Crippen LogP contribution >= 0.6 is 0 Å². The summed E-state index contributed by atoms with van der Waals surface area (Å²) in [6.07, 6.45) is 1.52. The molecule has 1 amide bonds. The maximum absolute atomic E-state index is 12.4. The van der Waals surface area contributed by atoms with E-state index in [4.69, 9.17) is 14.2 Å². The summed E-state index contributed by atoms with van der Waals surface area (Å²) in [5.74, 6) is 0.347. The van der Waals surface area contributed by atoms with Crippen molar-refractivity contribution in [3.05, 3.63) is 17.8 Å². The number of hydrogen-bond donors (Lipinski definition) is 1. The van der Waals surface area contributed by atoms with Gasteiger partial charge in [-0.05, 0) is 33.3 Å². The molecule has 1 N–H and O–H groups in total. The van der Waals surface area contributed by atoms with E-state index in [1.54, 1.807) is 26.2 Å². The molecule has 1 aromatic rings. The van der Waals surface area contributed by atoms with Gasteiger partial charge in [0.25, 0.3) is 5.91 Å². The second kappa shape index (κ2) is 9.47. The number of ether oxygens (including phenoxy) is 3. The van der Waals surface area contributed by atoms with Gasteiger partial charge in [-0.15, -0.1) is 0 Å². The fraction of sp³-hybridized carbons (Fsp3) is 0.647. The lowest BCUT2D eigenvalue weighted by Crippen LogP contribution is -2.42. The van der Waals surface area contributed by atoms with Gasteiger partial charge in [0.2, 0.25) is 5.88 Å². The van der Waals surface area contributed by atoms with Crippen molar-refractivity contribution in [3.63, 3.8) is 0 Å². The van der Waals surface area contributed by atoms with Crippen molar-refractivity contribution in [1.82, 2.24) is 4.98 Å². The summed E-state index contributed by atoms with van der Waals surface area (Å²) in [4.78, 5) is 16.8. The molecule has 6 heteroatoms. The van der Waals surface area contributed by atoms with Crippen molar-refractivity contribution in [2.45, 2.75) is 46.1 Å². The van der Waals surface area contributed by atoms with Crippen LogP contribution in [0.2, 0.25) is 0 Å². The lowest BCUT2D eigenvalue weighted by molar-refractivity contribution is -0.136. The molecule has 1 aromatic heterocycles. The van der Waals surface area contributed by atoms with E-state index in [0.29, 0.717) is 43.5 Å². The molecular weight excluding hydrogens is 296 g/mol. The normalized spacial score (nSPS) is 13.4. The molecular formula is C17H28N2O4. The molecule has 0 bridgehead atoms. The fourth-order valence-electron chi connectivity index (χ4n) is 2.14. The van der Waals surface area contributed by atoms with Crippen LogP contribution in [0.25, 0.3) is 0 Å². The predicted molar refractivity (Wildman–Crippen MR) is 89.9 cm³/mol. The number of aromatic nitrogens is 1. The Morgan fingerprint density at radius 1 is 1.30 bits per heavy atom. The highest BCUT2D eigenvalue weighted by atomic mass is 16.5. The van der Waals surface area contributed by atoms with Gasteiger partial charge in [0, 0.05) is 19.8 Å². The highest BCUT2D eigenvalue weighted by molar-refractivity contribution is 5.97. The van der Waals surface area contributed by atoms with Gasteiger partial charge >= 0.3 is 0 Å². The van der Waals surface area contributed by atoms with Gasteiger partial charge in [0.05, 0.1) is 18.0 Å². The van der Waals surface area contributed by atoms with Crippen molar-refractivity contribution >= 4 is 11.6 Å². The minimum absolute atomic E-state index is 0.170. The fourth-order valence-corrected chi connectivity index (χ4v) is 2.14. The molecule has 0 aliphatic rings. The molecule has 23 heavy (non-hydrogen) atoms. The summed E-state index contributed by atoms with van der Waals surface area (Å²) >= 11 is 0. The van der Waals surface area contributed by atoms with Gasteiger partial charge in [-0.2, -0.15) is 0 Å². The largest absolute Gasteiger partial charge is 0.475 e. The zero-order chi connectivity index (χ0) is 17.3. The maximum atomic E-state index is 12.4. The van der Waals surface area contributed by atoms with Gasteiger partial charge in [-0.25, -0.2) is 4.98 Å². The smallest absolute Gasteiger partial charge is 0.256 e. The van der Waals surface area contributed by atoms with E-state index in [-0.39, 0.29) is 5.91 Å². The number of anilines is 1. The van der Waals surface area contributed by atoms with E-state index < -0.39 is 5.60 Å². The molecule has 0 radical (unpaired) electrons. The molecule has 130 valence electrons. The highest BCUT2D eigenvalue weighted by Crippen LogP contribution is 2.22.